The summed E-state index contributed by atoms with van der Waals surface area (Å²) in [4.78, 5) is 71.6. The van der Waals surface area contributed by atoms with Crippen molar-refractivity contribution in [2.24, 2.45) is 23.7 Å². The van der Waals surface area contributed by atoms with Crippen molar-refractivity contribution in [2.75, 3.05) is 10.3 Å². The highest BCUT2D eigenvalue weighted by atomic mass is 16.4. The lowest BCUT2D eigenvalue weighted by molar-refractivity contribution is -0.138. The van der Waals surface area contributed by atoms with Crippen LogP contribution in [0.3, 0.4) is 0 Å². The average Bonchev–Trinajstić information content (AvgIpc) is 3.57. The Bertz CT molecular complexity index is 2510. The van der Waals surface area contributed by atoms with Gasteiger partial charge in [0.15, 0.2) is 0 Å². The van der Waals surface area contributed by atoms with E-state index in [0.29, 0.717) is 27.8 Å². The molecule has 1 saturated carbocycles. The number of rotatable bonds is 6. The SMILES string of the molecule is Cc1ccc(NN2C(=O)[C@@H]3C[C@@H]4C(=CC[C@@H]5C(=O)N(c6ccc(C(=O)O)c(O)c6)C(=O)[C@@H]54)[C@H](c4ccc5ccccc5c4O)[C@]3(c3ccccc3)C2=O)cc1. The van der Waals surface area contributed by atoms with Gasteiger partial charge in [-0.05, 0) is 60.9 Å². The Labute approximate surface area is 315 Å². The van der Waals surface area contributed by atoms with Crippen LogP contribution in [0, 0.1) is 30.6 Å². The van der Waals surface area contributed by atoms with Crippen LogP contribution in [0.15, 0.2) is 121 Å². The minimum atomic E-state index is -1.56. The lowest BCUT2D eigenvalue weighted by atomic mass is 9.49. The number of imide groups is 2. The van der Waals surface area contributed by atoms with Gasteiger partial charge in [0, 0.05) is 22.9 Å². The Morgan fingerprint density at radius 3 is 2.25 bits per heavy atom. The average molecular weight is 734 g/mol. The highest BCUT2D eigenvalue weighted by molar-refractivity contribution is 6.23. The smallest absolute Gasteiger partial charge is 0.339 e. The van der Waals surface area contributed by atoms with E-state index in [1.165, 1.54) is 6.07 Å². The fourth-order valence-electron chi connectivity index (χ4n) is 9.69. The number of allylic oxidation sites excluding steroid dienone is 2. The molecule has 2 saturated heterocycles. The molecular formula is C44H35N3O8. The number of aryl methyl sites for hydroxylation is 1. The summed E-state index contributed by atoms with van der Waals surface area (Å²) in [7, 11) is 0. The number of carboxylic acid groups (broad SMARTS) is 1. The molecule has 9 rings (SSSR count). The Kier molecular flexibility index (Phi) is 7.68. The predicted octanol–water partition coefficient (Wildman–Crippen LogP) is 6.45. The van der Waals surface area contributed by atoms with Gasteiger partial charge in [0.05, 0.1) is 34.5 Å². The van der Waals surface area contributed by atoms with Gasteiger partial charge in [-0.15, -0.1) is 0 Å². The van der Waals surface area contributed by atoms with Crippen molar-refractivity contribution in [2.45, 2.75) is 31.1 Å². The Balaban J connectivity index is 1.24. The number of carbonyl (C=O) groups is 5. The van der Waals surface area contributed by atoms with E-state index >= 15 is 4.79 Å². The number of fused-ring (bicyclic) bond motifs is 5. The van der Waals surface area contributed by atoms with Crippen LogP contribution in [0.2, 0.25) is 0 Å². The maximum absolute atomic E-state index is 15.4. The third-order valence-electron chi connectivity index (χ3n) is 12.1. The predicted molar refractivity (Wildman–Crippen MR) is 202 cm³/mol. The molecule has 2 heterocycles. The van der Waals surface area contributed by atoms with Crippen molar-refractivity contribution in [1.82, 2.24) is 5.01 Å². The summed E-state index contributed by atoms with van der Waals surface area (Å²) in [5.74, 6) is -8.44. The number of aromatic carboxylic acids is 1. The van der Waals surface area contributed by atoms with Crippen molar-refractivity contribution in [3.05, 3.63) is 143 Å². The molecule has 274 valence electrons. The first-order valence-corrected chi connectivity index (χ1v) is 18.1. The number of phenols is 2. The number of amides is 4. The Morgan fingerprint density at radius 2 is 1.53 bits per heavy atom. The highest BCUT2D eigenvalue weighted by Crippen LogP contribution is 2.65. The molecule has 0 radical (unpaired) electrons. The van der Waals surface area contributed by atoms with Crippen LogP contribution < -0.4 is 10.3 Å². The van der Waals surface area contributed by atoms with E-state index in [-0.39, 0.29) is 29.8 Å². The van der Waals surface area contributed by atoms with Crippen LogP contribution >= 0.6 is 0 Å². The molecule has 5 aromatic carbocycles. The van der Waals surface area contributed by atoms with Gasteiger partial charge in [0.1, 0.15) is 17.1 Å². The van der Waals surface area contributed by atoms with Crippen molar-refractivity contribution >= 4 is 51.7 Å². The lowest BCUT2D eigenvalue weighted by Crippen LogP contribution is -2.53. The molecule has 11 heteroatoms. The second-order valence-electron chi connectivity index (χ2n) is 14.8. The zero-order valence-electron chi connectivity index (χ0n) is 29.5. The summed E-state index contributed by atoms with van der Waals surface area (Å²) in [6.45, 7) is 1.93. The minimum Gasteiger partial charge on any atom is -0.507 e. The van der Waals surface area contributed by atoms with Gasteiger partial charge >= 0.3 is 5.97 Å². The maximum Gasteiger partial charge on any atom is 0.339 e. The molecule has 4 N–H and O–H groups in total. The normalized spacial score (nSPS) is 25.8. The Morgan fingerprint density at radius 1 is 0.800 bits per heavy atom. The number of carboxylic acids is 1. The number of phenolic OH excluding ortho intramolecular Hbond substituents is 1. The lowest BCUT2D eigenvalue weighted by Gasteiger charge is -2.50. The molecule has 0 unspecified atom stereocenters. The molecule has 2 aliphatic heterocycles. The van der Waals surface area contributed by atoms with E-state index in [0.717, 1.165) is 33.0 Å². The van der Waals surface area contributed by atoms with Gasteiger partial charge in [0.2, 0.25) is 11.8 Å². The fraction of sp³-hybridized carbons (Fsp3) is 0.205. The monoisotopic (exact) mass is 733 g/mol. The minimum absolute atomic E-state index is 0.0345. The molecule has 3 fully saturated rings. The van der Waals surface area contributed by atoms with E-state index in [9.17, 15) is 34.5 Å². The first-order chi connectivity index (χ1) is 26.5. The van der Waals surface area contributed by atoms with Gasteiger partial charge in [-0.1, -0.05) is 96.1 Å². The van der Waals surface area contributed by atoms with Crippen LogP contribution in [0.5, 0.6) is 11.5 Å². The summed E-state index contributed by atoms with van der Waals surface area (Å²) >= 11 is 0. The van der Waals surface area contributed by atoms with Gasteiger partial charge < -0.3 is 15.3 Å². The summed E-state index contributed by atoms with van der Waals surface area (Å²) < 4.78 is 0. The maximum atomic E-state index is 15.4. The number of carbonyl (C=O) groups excluding carboxylic acids is 4. The molecule has 11 nitrogen and oxygen atoms in total. The molecule has 0 spiro atoms. The van der Waals surface area contributed by atoms with E-state index in [1.807, 2.05) is 79.7 Å². The van der Waals surface area contributed by atoms with Gasteiger partial charge in [-0.25, -0.2) is 9.69 Å². The summed E-state index contributed by atoms with van der Waals surface area (Å²) in [5.41, 5.74) is 4.38. The molecule has 0 bridgehead atoms. The van der Waals surface area contributed by atoms with Crippen LogP contribution in [0.25, 0.3) is 10.8 Å². The molecule has 4 aliphatic rings. The van der Waals surface area contributed by atoms with E-state index < -0.39 is 70.4 Å². The Hall–Kier alpha value is -6.75. The first-order valence-electron chi connectivity index (χ1n) is 18.1. The second-order valence-corrected chi connectivity index (χ2v) is 14.8. The molecule has 55 heavy (non-hydrogen) atoms. The number of hydrogen-bond acceptors (Lipinski definition) is 8. The van der Waals surface area contributed by atoms with E-state index in [1.54, 1.807) is 24.3 Å². The largest absolute Gasteiger partial charge is 0.507 e. The van der Waals surface area contributed by atoms with Crippen LogP contribution in [0.1, 0.15) is 45.8 Å². The zero-order valence-corrected chi connectivity index (χ0v) is 29.5. The van der Waals surface area contributed by atoms with E-state index in [2.05, 4.69) is 5.43 Å². The van der Waals surface area contributed by atoms with Crippen molar-refractivity contribution < 1.29 is 39.3 Å². The third-order valence-corrected chi connectivity index (χ3v) is 12.1. The second kappa shape index (κ2) is 12.4. The summed E-state index contributed by atoms with van der Waals surface area (Å²) in [6, 6.07) is 30.9. The van der Waals surface area contributed by atoms with Crippen LogP contribution in [-0.2, 0) is 24.6 Å². The van der Waals surface area contributed by atoms with Crippen molar-refractivity contribution in [1.29, 1.82) is 0 Å². The fourth-order valence-corrected chi connectivity index (χ4v) is 9.69. The summed E-state index contributed by atoms with van der Waals surface area (Å²) in [6.07, 6.45) is 2.10. The number of nitrogens with zero attached hydrogens (tertiary/aromatic N) is 2. The number of anilines is 2. The van der Waals surface area contributed by atoms with Gasteiger partial charge in [-0.2, -0.15) is 5.01 Å². The topological polar surface area (TPSA) is 165 Å². The number of nitrogens with one attached hydrogen (secondary N) is 1. The summed E-state index contributed by atoms with van der Waals surface area (Å²) in [5, 5.41) is 34.5. The number of benzene rings is 5. The molecule has 0 aromatic heterocycles. The van der Waals surface area contributed by atoms with Crippen LogP contribution in [-0.4, -0.2) is 49.9 Å². The van der Waals surface area contributed by atoms with Gasteiger partial charge in [0.25, 0.3) is 11.8 Å². The molecular weight excluding hydrogens is 698 g/mol. The molecule has 6 atom stereocenters. The van der Waals surface area contributed by atoms with Gasteiger partial charge in [-0.3, -0.25) is 24.6 Å². The van der Waals surface area contributed by atoms with Crippen molar-refractivity contribution in [3.8, 4) is 11.5 Å². The van der Waals surface area contributed by atoms with E-state index in [4.69, 9.17) is 0 Å². The molecule has 4 amide bonds. The van der Waals surface area contributed by atoms with Crippen LogP contribution in [0.4, 0.5) is 11.4 Å². The molecule has 5 aromatic rings. The van der Waals surface area contributed by atoms with Crippen molar-refractivity contribution in [3.63, 3.8) is 0 Å². The number of aromatic hydroxyl groups is 2. The number of hydrogen-bond donors (Lipinski definition) is 4. The first kappa shape index (κ1) is 34.0. The standard InChI is InChI=1S/C44H35N3O8/c1-23-11-14-26(15-12-23)45-47-40(51)34-22-33-29(19-20-31-36(33)41(52)46(39(31)50)27-16-18-30(42(53)54)35(48)21-27)37(44(34,43(47)55)25-8-3-2-4-9-25)32-17-13-24-7-5-6-10-28(24)38(32)49/h2-19,21,31,33-34,36-37,45,48-49H,20,22H2,1H3,(H,53,54)/t31-,33+,34-,36-,37+,44+/m0/s1. The zero-order chi connectivity index (χ0) is 38.3. The third kappa shape index (κ3) is 4.85. The molecule has 2 aliphatic carbocycles. The highest BCUT2D eigenvalue weighted by Gasteiger charge is 2.70. The number of hydrazine groups is 1. The quantitative estimate of drug-likeness (QED) is 0.113.